The van der Waals surface area contributed by atoms with Crippen molar-refractivity contribution in [1.82, 2.24) is 10.2 Å². The lowest BCUT2D eigenvalue weighted by Crippen LogP contribution is -2.44. The molecule has 1 aliphatic carbocycles. The van der Waals surface area contributed by atoms with Crippen molar-refractivity contribution in [3.8, 4) is 0 Å². The molecular weight excluding hydrogens is 276 g/mol. The van der Waals surface area contributed by atoms with Crippen molar-refractivity contribution < 1.29 is 9.53 Å². The number of benzene rings is 1. The van der Waals surface area contributed by atoms with E-state index in [1.807, 2.05) is 6.07 Å². The van der Waals surface area contributed by atoms with E-state index in [2.05, 4.69) is 34.5 Å². The third-order valence-electron chi connectivity index (χ3n) is 4.87. The number of hydrogen-bond donors (Lipinski definition) is 1. The molecule has 1 atom stereocenters. The predicted octanol–water partition coefficient (Wildman–Crippen LogP) is 2.37. The first-order chi connectivity index (χ1) is 10.8. The van der Waals surface area contributed by atoms with Crippen LogP contribution in [0.1, 0.15) is 37.3 Å². The Morgan fingerprint density at radius 3 is 2.55 bits per heavy atom. The average Bonchev–Trinajstić information content (AvgIpc) is 3.11. The van der Waals surface area contributed by atoms with Crippen LogP contribution in [-0.2, 0) is 9.53 Å². The second-order valence-electron chi connectivity index (χ2n) is 6.30. The van der Waals surface area contributed by atoms with Crippen LogP contribution >= 0.6 is 0 Å². The number of amides is 1. The van der Waals surface area contributed by atoms with Crippen molar-refractivity contribution in [3.05, 3.63) is 35.9 Å². The van der Waals surface area contributed by atoms with Gasteiger partial charge in [-0.2, -0.15) is 0 Å². The maximum absolute atomic E-state index is 12.3. The van der Waals surface area contributed by atoms with Crippen LogP contribution in [0.5, 0.6) is 0 Å². The molecule has 22 heavy (non-hydrogen) atoms. The zero-order valence-electron chi connectivity index (χ0n) is 13.2. The second kappa shape index (κ2) is 7.75. The van der Waals surface area contributed by atoms with E-state index in [0.717, 1.165) is 39.1 Å². The standard InChI is InChI=1S/C18H26N2O2/c21-18(16-8-4-5-9-16)19-14-17(15-6-2-1-3-7-15)20-10-12-22-13-11-20/h1-3,6-7,16-17H,4-5,8-14H2,(H,19,21)/t17-/m1/s1. The fraction of sp³-hybridized carbons (Fsp3) is 0.611. The summed E-state index contributed by atoms with van der Waals surface area (Å²) in [6, 6.07) is 10.7. The Morgan fingerprint density at radius 2 is 1.86 bits per heavy atom. The van der Waals surface area contributed by atoms with Crippen molar-refractivity contribution in [2.45, 2.75) is 31.7 Å². The van der Waals surface area contributed by atoms with E-state index in [1.165, 1.54) is 18.4 Å². The van der Waals surface area contributed by atoms with Gasteiger partial charge >= 0.3 is 0 Å². The second-order valence-corrected chi connectivity index (χ2v) is 6.30. The van der Waals surface area contributed by atoms with Gasteiger partial charge in [-0.3, -0.25) is 9.69 Å². The number of carbonyl (C=O) groups excluding carboxylic acids is 1. The molecule has 1 N–H and O–H groups in total. The number of ether oxygens (including phenoxy) is 1. The van der Waals surface area contributed by atoms with Gasteiger partial charge in [0.25, 0.3) is 0 Å². The van der Waals surface area contributed by atoms with Crippen molar-refractivity contribution in [2.75, 3.05) is 32.8 Å². The van der Waals surface area contributed by atoms with Crippen LogP contribution in [0, 0.1) is 5.92 Å². The Morgan fingerprint density at radius 1 is 1.18 bits per heavy atom. The summed E-state index contributed by atoms with van der Waals surface area (Å²) in [5.74, 6) is 0.479. The molecule has 1 aromatic carbocycles. The van der Waals surface area contributed by atoms with Gasteiger partial charge in [-0.15, -0.1) is 0 Å². The summed E-state index contributed by atoms with van der Waals surface area (Å²) >= 11 is 0. The quantitative estimate of drug-likeness (QED) is 0.908. The molecule has 1 amide bonds. The van der Waals surface area contributed by atoms with Crippen LogP contribution < -0.4 is 5.32 Å². The summed E-state index contributed by atoms with van der Waals surface area (Å²) in [5.41, 5.74) is 1.27. The van der Waals surface area contributed by atoms with E-state index in [-0.39, 0.29) is 17.9 Å². The Labute approximate surface area is 132 Å². The monoisotopic (exact) mass is 302 g/mol. The van der Waals surface area contributed by atoms with Crippen LogP contribution in [0.4, 0.5) is 0 Å². The topological polar surface area (TPSA) is 41.6 Å². The molecule has 2 fully saturated rings. The molecule has 1 heterocycles. The van der Waals surface area contributed by atoms with E-state index in [4.69, 9.17) is 4.74 Å². The van der Waals surface area contributed by atoms with Gasteiger partial charge in [-0.25, -0.2) is 0 Å². The molecule has 4 heteroatoms. The lowest BCUT2D eigenvalue weighted by Gasteiger charge is -2.35. The summed E-state index contributed by atoms with van der Waals surface area (Å²) in [7, 11) is 0. The van der Waals surface area contributed by atoms with Gasteiger partial charge in [0.15, 0.2) is 0 Å². The first-order valence-corrected chi connectivity index (χ1v) is 8.49. The average molecular weight is 302 g/mol. The normalized spacial score (nSPS) is 21.6. The van der Waals surface area contributed by atoms with Gasteiger partial charge in [0.1, 0.15) is 0 Å². The number of nitrogens with zero attached hydrogens (tertiary/aromatic N) is 1. The first kappa shape index (κ1) is 15.5. The van der Waals surface area contributed by atoms with Crippen LogP contribution in [0.3, 0.4) is 0 Å². The van der Waals surface area contributed by atoms with E-state index < -0.39 is 0 Å². The summed E-state index contributed by atoms with van der Waals surface area (Å²) in [4.78, 5) is 14.7. The molecule has 4 nitrogen and oxygen atoms in total. The highest BCUT2D eigenvalue weighted by Crippen LogP contribution is 2.25. The van der Waals surface area contributed by atoms with Crippen LogP contribution in [0.2, 0.25) is 0 Å². The number of morpholine rings is 1. The minimum absolute atomic E-state index is 0.237. The highest BCUT2D eigenvalue weighted by Gasteiger charge is 2.26. The van der Waals surface area contributed by atoms with E-state index in [9.17, 15) is 4.79 Å². The molecule has 0 unspecified atom stereocenters. The molecule has 1 saturated heterocycles. The van der Waals surface area contributed by atoms with Gasteiger partial charge in [0.2, 0.25) is 5.91 Å². The van der Waals surface area contributed by atoms with Crippen molar-refractivity contribution >= 4 is 5.91 Å². The Kier molecular flexibility index (Phi) is 5.46. The SMILES string of the molecule is O=C(NC[C@H](c1ccccc1)N1CCOCC1)C1CCCC1. The summed E-state index contributed by atoms with van der Waals surface area (Å²) in [5, 5.41) is 3.20. The zero-order valence-corrected chi connectivity index (χ0v) is 13.2. The highest BCUT2D eigenvalue weighted by molar-refractivity contribution is 5.78. The Balaban J connectivity index is 1.64. The fourth-order valence-corrected chi connectivity index (χ4v) is 3.55. The van der Waals surface area contributed by atoms with Crippen LogP contribution in [0.25, 0.3) is 0 Å². The third kappa shape index (κ3) is 3.87. The molecule has 0 bridgehead atoms. The molecule has 2 aliphatic rings. The summed E-state index contributed by atoms with van der Waals surface area (Å²) in [6.45, 7) is 4.11. The maximum atomic E-state index is 12.3. The Hall–Kier alpha value is -1.39. The molecule has 120 valence electrons. The molecule has 1 aliphatic heterocycles. The Bertz CT molecular complexity index is 465. The van der Waals surface area contributed by atoms with Crippen molar-refractivity contribution in [1.29, 1.82) is 0 Å². The number of nitrogens with one attached hydrogen (secondary N) is 1. The van der Waals surface area contributed by atoms with Crippen molar-refractivity contribution in [2.24, 2.45) is 5.92 Å². The summed E-state index contributed by atoms with van der Waals surface area (Å²) in [6.07, 6.45) is 4.51. The van der Waals surface area contributed by atoms with Crippen molar-refractivity contribution in [3.63, 3.8) is 0 Å². The minimum atomic E-state index is 0.237. The summed E-state index contributed by atoms with van der Waals surface area (Å²) < 4.78 is 5.46. The lowest BCUT2D eigenvalue weighted by molar-refractivity contribution is -0.125. The largest absolute Gasteiger partial charge is 0.379 e. The van der Waals surface area contributed by atoms with Gasteiger partial charge < -0.3 is 10.1 Å². The third-order valence-corrected chi connectivity index (χ3v) is 4.87. The van der Waals surface area contributed by atoms with Gasteiger partial charge in [-0.05, 0) is 18.4 Å². The molecular formula is C18H26N2O2. The highest BCUT2D eigenvalue weighted by atomic mass is 16.5. The fourth-order valence-electron chi connectivity index (χ4n) is 3.55. The maximum Gasteiger partial charge on any atom is 0.223 e. The number of hydrogen-bond acceptors (Lipinski definition) is 3. The molecule has 3 rings (SSSR count). The van der Waals surface area contributed by atoms with E-state index in [1.54, 1.807) is 0 Å². The number of carbonyl (C=O) groups is 1. The molecule has 1 aromatic rings. The van der Waals surface area contributed by atoms with Gasteiger partial charge in [0.05, 0.1) is 19.3 Å². The smallest absolute Gasteiger partial charge is 0.223 e. The van der Waals surface area contributed by atoms with Crippen LogP contribution in [-0.4, -0.2) is 43.7 Å². The molecule has 0 radical (unpaired) electrons. The van der Waals surface area contributed by atoms with E-state index >= 15 is 0 Å². The van der Waals surface area contributed by atoms with Gasteiger partial charge in [0, 0.05) is 25.6 Å². The van der Waals surface area contributed by atoms with Gasteiger partial charge in [-0.1, -0.05) is 43.2 Å². The lowest BCUT2D eigenvalue weighted by atomic mass is 10.0. The predicted molar refractivity (Wildman–Crippen MR) is 86.5 cm³/mol. The van der Waals surface area contributed by atoms with E-state index in [0.29, 0.717) is 6.54 Å². The molecule has 0 spiro atoms. The minimum Gasteiger partial charge on any atom is -0.379 e. The zero-order chi connectivity index (χ0) is 15.2. The van der Waals surface area contributed by atoms with Crippen LogP contribution in [0.15, 0.2) is 30.3 Å². The number of rotatable bonds is 5. The molecule has 0 aromatic heterocycles. The first-order valence-electron chi connectivity index (χ1n) is 8.49. The molecule has 1 saturated carbocycles.